The van der Waals surface area contributed by atoms with Gasteiger partial charge in [-0.25, -0.2) is 0 Å². The molecule has 2 rings (SSSR count). The van der Waals surface area contributed by atoms with Crippen LogP contribution in [0.5, 0.6) is 0 Å². The fourth-order valence-electron chi connectivity index (χ4n) is 1.90. The molecule has 0 unspecified atom stereocenters. The van der Waals surface area contributed by atoms with Crippen LogP contribution in [0.15, 0.2) is 18.2 Å². The van der Waals surface area contributed by atoms with Crippen LogP contribution >= 0.6 is 11.6 Å². The van der Waals surface area contributed by atoms with Crippen molar-refractivity contribution in [2.24, 2.45) is 0 Å². The first-order chi connectivity index (χ1) is 7.65. The average Bonchev–Trinajstić information content (AvgIpc) is 2.25. The Morgan fingerprint density at radius 1 is 1.38 bits per heavy atom. The molecule has 0 radical (unpaired) electrons. The third kappa shape index (κ3) is 2.98. The van der Waals surface area contributed by atoms with Crippen molar-refractivity contribution in [2.75, 3.05) is 16.8 Å². The van der Waals surface area contributed by atoms with E-state index in [0.717, 1.165) is 35.1 Å². The molecule has 0 spiro atoms. The second kappa shape index (κ2) is 5.19. The molecule has 1 aromatic rings. The minimum absolute atomic E-state index is 0.415. The van der Waals surface area contributed by atoms with E-state index in [-0.39, 0.29) is 0 Å². The molecule has 1 heterocycles. The molecule has 1 fully saturated rings. The van der Waals surface area contributed by atoms with Crippen LogP contribution in [0.1, 0.15) is 18.4 Å². The summed E-state index contributed by atoms with van der Waals surface area (Å²) in [5.41, 5.74) is 2.16. The molecule has 1 aromatic carbocycles. The van der Waals surface area contributed by atoms with Gasteiger partial charge < -0.3 is 5.32 Å². The first-order valence-corrected chi connectivity index (χ1v) is 7.39. The Hall–Kier alpha value is -0.540. The van der Waals surface area contributed by atoms with Crippen molar-refractivity contribution in [3.63, 3.8) is 0 Å². The van der Waals surface area contributed by atoms with Gasteiger partial charge in [-0.2, -0.15) is 0 Å². The SMILES string of the molecule is Cc1ccc(NC2CCS(=O)CC2)c(Cl)c1. The quantitative estimate of drug-likeness (QED) is 0.883. The lowest BCUT2D eigenvalue weighted by molar-refractivity contribution is 0.624. The minimum Gasteiger partial charge on any atom is -0.381 e. The van der Waals surface area contributed by atoms with E-state index in [0.29, 0.717) is 6.04 Å². The highest BCUT2D eigenvalue weighted by Crippen LogP contribution is 2.25. The first-order valence-electron chi connectivity index (χ1n) is 5.53. The highest BCUT2D eigenvalue weighted by molar-refractivity contribution is 7.85. The fraction of sp³-hybridized carbons (Fsp3) is 0.500. The molecule has 0 aliphatic carbocycles. The summed E-state index contributed by atoms with van der Waals surface area (Å²) < 4.78 is 11.2. The van der Waals surface area contributed by atoms with Gasteiger partial charge in [0.1, 0.15) is 0 Å². The number of halogens is 1. The molecule has 0 bridgehead atoms. The van der Waals surface area contributed by atoms with E-state index < -0.39 is 10.8 Å². The maximum absolute atomic E-state index is 11.2. The molecule has 4 heteroatoms. The molecule has 0 amide bonds. The number of rotatable bonds is 2. The summed E-state index contributed by atoms with van der Waals surface area (Å²) in [4.78, 5) is 0. The van der Waals surface area contributed by atoms with Gasteiger partial charge in [-0.3, -0.25) is 4.21 Å². The lowest BCUT2D eigenvalue weighted by Crippen LogP contribution is -2.29. The lowest BCUT2D eigenvalue weighted by Gasteiger charge is -2.24. The molecule has 88 valence electrons. The largest absolute Gasteiger partial charge is 0.381 e. The third-order valence-electron chi connectivity index (χ3n) is 2.87. The number of nitrogens with one attached hydrogen (secondary N) is 1. The van der Waals surface area contributed by atoms with Crippen molar-refractivity contribution in [1.82, 2.24) is 0 Å². The standard InChI is InChI=1S/C12H16ClNOS/c1-9-2-3-12(11(13)8-9)14-10-4-6-16(15)7-5-10/h2-3,8,10,14H,4-7H2,1H3. The summed E-state index contributed by atoms with van der Waals surface area (Å²) in [7, 11) is -0.601. The van der Waals surface area contributed by atoms with Crippen molar-refractivity contribution in [3.8, 4) is 0 Å². The number of anilines is 1. The second-order valence-corrected chi connectivity index (χ2v) is 6.35. The predicted molar refractivity (Wildman–Crippen MR) is 70.7 cm³/mol. The monoisotopic (exact) mass is 257 g/mol. The van der Waals surface area contributed by atoms with Crippen LogP contribution in [-0.4, -0.2) is 21.8 Å². The van der Waals surface area contributed by atoms with Gasteiger partial charge in [-0.1, -0.05) is 17.7 Å². The zero-order valence-electron chi connectivity index (χ0n) is 9.33. The molecular weight excluding hydrogens is 242 g/mol. The van der Waals surface area contributed by atoms with Gasteiger partial charge >= 0.3 is 0 Å². The van der Waals surface area contributed by atoms with Gasteiger partial charge in [0.25, 0.3) is 0 Å². The van der Waals surface area contributed by atoms with Crippen LogP contribution in [0.25, 0.3) is 0 Å². The fourth-order valence-corrected chi connectivity index (χ4v) is 3.48. The Bertz CT molecular complexity index is 398. The first kappa shape index (κ1) is 11.9. The lowest BCUT2D eigenvalue weighted by atomic mass is 10.1. The van der Waals surface area contributed by atoms with E-state index >= 15 is 0 Å². The van der Waals surface area contributed by atoms with Gasteiger partial charge in [0.2, 0.25) is 0 Å². The topological polar surface area (TPSA) is 29.1 Å². The molecule has 0 saturated carbocycles. The summed E-state index contributed by atoms with van der Waals surface area (Å²) in [6, 6.07) is 6.45. The Morgan fingerprint density at radius 2 is 2.06 bits per heavy atom. The van der Waals surface area contributed by atoms with Crippen molar-refractivity contribution in [1.29, 1.82) is 0 Å². The maximum atomic E-state index is 11.2. The van der Waals surface area contributed by atoms with E-state index in [4.69, 9.17) is 11.6 Å². The van der Waals surface area contributed by atoms with Gasteiger partial charge in [0.05, 0.1) is 10.7 Å². The summed E-state index contributed by atoms with van der Waals surface area (Å²) >= 11 is 6.15. The number of aryl methyl sites for hydroxylation is 1. The summed E-state index contributed by atoms with van der Waals surface area (Å²) in [6.07, 6.45) is 1.94. The second-order valence-electron chi connectivity index (χ2n) is 4.25. The summed E-state index contributed by atoms with van der Waals surface area (Å²) in [5.74, 6) is 1.61. The van der Waals surface area contributed by atoms with Crippen LogP contribution in [0, 0.1) is 6.92 Å². The van der Waals surface area contributed by atoms with Crippen molar-refractivity contribution < 1.29 is 4.21 Å². The van der Waals surface area contributed by atoms with Crippen LogP contribution in [0.3, 0.4) is 0 Å². The van der Waals surface area contributed by atoms with Crippen LogP contribution in [0.4, 0.5) is 5.69 Å². The highest BCUT2D eigenvalue weighted by Gasteiger charge is 2.18. The molecule has 1 N–H and O–H groups in total. The van der Waals surface area contributed by atoms with Crippen molar-refractivity contribution >= 4 is 28.1 Å². The normalized spacial score (nSPS) is 25.4. The van der Waals surface area contributed by atoms with E-state index in [1.54, 1.807) is 0 Å². The summed E-state index contributed by atoms with van der Waals surface area (Å²) in [5, 5.41) is 4.20. The molecule has 16 heavy (non-hydrogen) atoms. The molecule has 1 aliphatic rings. The van der Waals surface area contributed by atoms with Gasteiger partial charge in [-0.05, 0) is 37.5 Å². The van der Waals surface area contributed by atoms with Gasteiger partial charge in [0, 0.05) is 28.3 Å². The molecule has 2 nitrogen and oxygen atoms in total. The number of hydrogen-bond donors (Lipinski definition) is 1. The Morgan fingerprint density at radius 3 is 2.69 bits per heavy atom. The number of benzene rings is 1. The average molecular weight is 258 g/mol. The molecule has 0 atom stereocenters. The van der Waals surface area contributed by atoms with E-state index in [9.17, 15) is 4.21 Å². The van der Waals surface area contributed by atoms with E-state index in [1.807, 2.05) is 19.1 Å². The smallest absolute Gasteiger partial charge is 0.0640 e. The molecule has 0 aromatic heterocycles. The highest BCUT2D eigenvalue weighted by atomic mass is 35.5. The third-order valence-corrected chi connectivity index (χ3v) is 4.57. The van der Waals surface area contributed by atoms with Crippen LogP contribution < -0.4 is 5.32 Å². The van der Waals surface area contributed by atoms with Crippen molar-refractivity contribution in [3.05, 3.63) is 28.8 Å². The minimum atomic E-state index is -0.601. The zero-order chi connectivity index (χ0) is 11.5. The van der Waals surface area contributed by atoms with E-state index in [2.05, 4.69) is 11.4 Å². The molecule has 1 saturated heterocycles. The van der Waals surface area contributed by atoms with Gasteiger partial charge in [-0.15, -0.1) is 0 Å². The van der Waals surface area contributed by atoms with Crippen LogP contribution in [-0.2, 0) is 10.8 Å². The Balaban J connectivity index is 2.01. The maximum Gasteiger partial charge on any atom is 0.0640 e. The van der Waals surface area contributed by atoms with Gasteiger partial charge in [0.15, 0.2) is 0 Å². The molecule has 1 aliphatic heterocycles. The van der Waals surface area contributed by atoms with Crippen molar-refractivity contribution in [2.45, 2.75) is 25.8 Å². The van der Waals surface area contributed by atoms with E-state index in [1.165, 1.54) is 5.56 Å². The number of hydrogen-bond acceptors (Lipinski definition) is 2. The Kier molecular flexibility index (Phi) is 3.87. The predicted octanol–water partition coefficient (Wildman–Crippen LogP) is 2.97. The van der Waals surface area contributed by atoms with Crippen LogP contribution in [0.2, 0.25) is 5.02 Å². The Labute approximate surface area is 104 Å². The molecular formula is C12H16ClNOS. The summed E-state index contributed by atoms with van der Waals surface area (Å²) in [6.45, 7) is 2.03. The zero-order valence-corrected chi connectivity index (χ0v) is 10.9.